The highest BCUT2D eigenvalue weighted by molar-refractivity contribution is 7.13. The number of aromatic nitrogens is 1. The lowest BCUT2D eigenvalue weighted by Gasteiger charge is -2.06. The molecule has 0 bridgehead atoms. The molecule has 0 spiro atoms. The average molecular weight is 285 g/mol. The molecule has 2 aromatic heterocycles. The Hall–Kier alpha value is -1.89. The number of halogens is 3. The van der Waals surface area contributed by atoms with Gasteiger partial charge in [-0.05, 0) is 31.2 Å². The van der Waals surface area contributed by atoms with Gasteiger partial charge in [0.25, 0.3) is 0 Å². The van der Waals surface area contributed by atoms with Crippen molar-refractivity contribution in [3.63, 3.8) is 0 Å². The smallest absolute Gasteiger partial charge is 0.261 e. The van der Waals surface area contributed by atoms with E-state index in [9.17, 15) is 13.2 Å². The summed E-state index contributed by atoms with van der Waals surface area (Å²) in [7, 11) is 0. The maximum Gasteiger partial charge on any atom is 0.417 e. The van der Waals surface area contributed by atoms with Crippen LogP contribution in [0.4, 0.5) is 19.0 Å². The monoisotopic (exact) mass is 285 g/mol. The van der Waals surface area contributed by atoms with E-state index in [1.54, 1.807) is 17.6 Å². The summed E-state index contributed by atoms with van der Waals surface area (Å²) in [4.78, 5) is 5.76. The van der Waals surface area contributed by atoms with Crippen LogP contribution >= 0.6 is 11.3 Å². The number of hydrazone groups is 1. The number of thiophene rings is 1. The predicted octanol–water partition coefficient (Wildman–Crippen LogP) is 3.92. The Kier molecular flexibility index (Phi) is 3.84. The van der Waals surface area contributed by atoms with Crippen molar-refractivity contribution in [2.24, 2.45) is 5.10 Å². The van der Waals surface area contributed by atoms with Gasteiger partial charge in [-0.3, -0.25) is 5.43 Å². The SMILES string of the molecule is Cc1ccc(/C=N/Nc2ccc(C(F)(F)F)cn2)s1. The molecule has 7 heteroatoms. The standard InChI is InChI=1S/C12H10F3N3S/c1-8-2-4-10(19-8)7-17-18-11-5-3-9(6-16-11)12(13,14)15/h2-7H,1H3,(H,16,18)/b17-7+. The third-order valence-corrected chi connectivity index (χ3v) is 3.16. The number of rotatable bonds is 3. The number of nitrogens with one attached hydrogen (secondary N) is 1. The second kappa shape index (κ2) is 5.40. The lowest BCUT2D eigenvalue weighted by Crippen LogP contribution is -2.05. The van der Waals surface area contributed by atoms with Crippen LogP contribution in [0.3, 0.4) is 0 Å². The number of aryl methyl sites for hydroxylation is 1. The first-order valence-electron chi connectivity index (χ1n) is 5.34. The van der Waals surface area contributed by atoms with Crippen LogP contribution in [0, 0.1) is 6.92 Å². The van der Waals surface area contributed by atoms with Crippen molar-refractivity contribution in [2.75, 3.05) is 5.43 Å². The van der Waals surface area contributed by atoms with Crippen LogP contribution in [0.5, 0.6) is 0 Å². The normalized spacial score (nSPS) is 12.0. The third-order valence-electron chi connectivity index (χ3n) is 2.22. The largest absolute Gasteiger partial charge is 0.417 e. The maximum atomic E-state index is 12.3. The topological polar surface area (TPSA) is 37.3 Å². The van der Waals surface area contributed by atoms with E-state index in [1.165, 1.54) is 6.07 Å². The zero-order chi connectivity index (χ0) is 13.9. The van der Waals surface area contributed by atoms with Gasteiger partial charge in [0.1, 0.15) is 5.82 Å². The van der Waals surface area contributed by atoms with E-state index in [4.69, 9.17) is 0 Å². The summed E-state index contributed by atoms with van der Waals surface area (Å²) in [5.41, 5.74) is 1.80. The van der Waals surface area contributed by atoms with Crippen LogP contribution < -0.4 is 5.43 Å². The zero-order valence-corrected chi connectivity index (χ0v) is 10.7. The van der Waals surface area contributed by atoms with Crippen LogP contribution in [-0.2, 0) is 6.18 Å². The molecule has 0 atom stereocenters. The molecule has 2 rings (SSSR count). The summed E-state index contributed by atoms with van der Waals surface area (Å²) in [6.07, 6.45) is -2.01. The molecule has 0 radical (unpaired) electrons. The van der Waals surface area contributed by atoms with Crippen molar-refractivity contribution in [3.05, 3.63) is 45.8 Å². The first-order chi connectivity index (χ1) is 8.95. The molecule has 0 amide bonds. The third kappa shape index (κ3) is 3.78. The molecule has 0 aromatic carbocycles. The Morgan fingerprint density at radius 2 is 2.05 bits per heavy atom. The van der Waals surface area contributed by atoms with E-state index >= 15 is 0 Å². The first kappa shape index (κ1) is 13.5. The number of nitrogens with zero attached hydrogens (tertiary/aromatic N) is 2. The van der Waals surface area contributed by atoms with Gasteiger partial charge in [-0.25, -0.2) is 4.98 Å². The molecule has 0 aliphatic carbocycles. The van der Waals surface area contributed by atoms with Crippen LogP contribution in [0.25, 0.3) is 0 Å². The molecule has 0 aliphatic heterocycles. The minimum atomic E-state index is -4.37. The van der Waals surface area contributed by atoms with Crippen molar-refractivity contribution in [1.82, 2.24) is 4.98 Å². The molecule has 0 fully saturated rings. The van der Waals surface area contributed by atoms with Crippen molar-refractivity contribution >= 4 is 23.4 Å². The second-order valence-corrected chi connectivity index (χ2v) is 5.07. The fraction of sp³-hybridized carbons (Fsp3) is 0.167. The van der Waals surface area contributed by atoms with Crippen molar-refractivity contribution < 1.29 is 13.2 Å². The number of pyridine rings is 1. The van der Waals surface area contributed by atoms with Crippen LogP contribution in [-0.4, -0.2) is 11.2 Å². The summed E-state index contributed by atoms with van der Waals surface area (Å²) in [6, 6.07) is 6.06. The van der Waals surface area contributed by atoms with Gasteiger partial charge in [-0.2, -0.15) is 18.3 Å². The highest BCUT2D eigenvalue weighted by atomic mass is 32.1. The fourth-order valence-corrected chi connectivity index (χ4v) is 2.06. The van der Waals surface area contributed by atoms with Gasteiger partial charge in [-0.15, -0.1) is 11.3 Å². The van der Waals surface area contributed by atoms with Gasteiger partial charge in [0.15, 0.2) is 0 Å². The Morgan fingerprint density at radius 1 is 1.26 bits per heavy atom. The molecule has 3 nitrogen and oxygen atoms in total. The molecule has 0 aliphatic rings. The summed E-state index contributed by atoms with van der Waals surface area (Å²) in [5.74, 6) is 0.262. The Morgan fingerprint density at radius 3 is 2.58 bits per heavy atom. The minimum Gasteiger partial charge on any atom is -0.261 e. The van der Waals surface area contributed by atoms with Gasteiger partial charge >= 0.3 is 6.18 Å². The molecule has 0 saturated heterocycles. The van der Waals surface area contributed by atoms with Crippen LogP contribution in [0.15, 0.2) is 35.6 Å². The van der Waals surface area contributed by atoms with Crippen LogP contribution in [0.1, 0.15) is 15.3 Å². The number of anilines is 1. The van der Waals surface area contributed by atoms with Crippen LogP contribution in [0.2, 0.25) is 0 Å². The summed E-state index contributed by atoms with van der Waals surface area (Å²) in [5, 5.41) is 3.91. The summed E-state index contributed by atoms with van der Waals surface area (Å²) < 4.78 is 36.9. The fourth-order valence-electron chi connectivity index (χ4n) is 1.31. The molecule has 1 N–H and O–H groups in total. The number of hydrogen-bond donors (Lipinski definition) is 1. The lowest BCUT2D eigenvalue weighted by molar-refractivity contribution is -0.137. The maximum absolute atomic E-state index is 12.3. The highest BCUT2D eigenvalue weighted by Crippen LogP contribution is 2.28. The van der Waals surface area contributed by atoms with Crippen molar-refractivity contribution in [3.8, 4) is 0 Å². The molecule has 19 heavy (non-hydrogen) atoms. The molecule has 0 unspecified atom stereocenters. The summed E-state index contributed by atoms with van der Waals surface area (Å²) >= 11 is 1.57. The van der Waals surface area contributed by atoms with Crippen molar-refractivity contribution in [2.45, 2.75) is 13.1 Å². The number of hydrogen-bond acceptors (Lipinski definition) is 4. The summed E-state index contributed by atoms with van der Waals surface area (Å²) in [6.45, 7) is 1.98. The Bertz CT molecular complexity index is 573. The van der Waals surface area contributed by atoms with E-state index in [-0.39, 0.29) is 5.82 Å². The minimum absolute atomic E-state index is 0.262. The molecular weight excluding hydrogens is 275 g/mol. The van der Waals surface area contributed by atoms with Crippen molar-refractivity contribution in [1.29, 1.82) is 0 Å². The molecule has 100 valence electrons. The van der Waals surface area contributed by atoms with E-state index in [0.717, 1.165) is 22.0 Å². The molecule has 2 heterocycles. The van der Waals surface area contributed by atoms with E-state index in [0.29, 0.717) is 0 Å². The van der Waals surface area contributed by atoms with Gasteiger partial charge in [0.05, 0.1) is 11.8 Å². The molecule has 0 saturated carbocycles. The van der Waals surface area contributed by atoms with E-state index in [2.05, 4.69) is 15.5 Å². The quantitative estimate of drug-likeness (QED) is 0.685. The highest BCUT2D eigenvalue weighted by Gasteiger charge is 2.30. The lowest BCUT2D eigenvalue weighted by atomic mass is 10.3. The number of alkyl halides is 3. The van der Waals surface area contributed by atoms with Gasteiger partial charge < -0.3 is 0 Å². The second-order valence-electron chi connectivity index (χ2n) is 3.75. The van der Waals surface area contributed by atoms with Gasteiger partial charge in [0.2, 0.25) is 0 Å². The average Bonchev–Trinajstić information content (AvgIpc) is 2.75. The Balaban J connectivity index is 1.98. The molecule has 2 aromatic rings. The first-order valence-corrected chi connectivity index (χ1v) is 6.15. The van der Waals surface area contributed by atoms with E-state index < -0.39 is 11.7 Å². The van der Waals surface area contributed by atoms with Gasteiger partial charge in [-0.1, -0.05) is 0 Å². The molecular formula is C12H10F3N3S. The van der Waals surface area contributed by atoms with Gasteiger partial charge in [0, 0.05) is 16.0 Å². The predicted molar refractivity (Wildman–Crippen MR) is 69.5 cm³/mol. The Labute approximate surface area is 111 Å². The zero-order valence-electron chi connectivity index (χ0n) is 9.90. The van der Waals surface area contributed by atoms with E-state index in [1.807, 2.05) is 19.1 Å².